The van der Waals surface area contributed by atoms with Crippen molar-refractivity contribution in [1.29, 1.82) is 0 Å². The fourth-order valence-electron chi connectivity index (χ4n) is 0.483. The van der Waals surface area contributed by atoms with E-state index in [9.17, 15) is 5.21 Å². The molecule has 2 unspecified atom stereocenters. The van der Waals surface area contributed by atoms with Gasteiger partial charge in [0.1, 0.15) is 0 Å². The first-order valence-corrected chi connectivity index (χ1v) is 2.40. The minimum atomic E-state index is -1.09. The molecular weight excluding hydrogens is 128 g/mol. The molecule has 2 atom stereocenters. The van der Waals surface area contributed by atoms with E-state index in [1.165, 1.54) is 6.92 Å². The Balaban J connectivity index is 2.45. The molecule has 1 saturated heterocycles. The summed E-state index contributed by atoms with van der Waals surface area (Å²) in [7, 11) is 0. The SMILES string of the molecule is CC1(ON)CO[NH+]([O-])O1. The Labute approximate surface area is 51.5 Å². The van der Waals surface area contributed by atoms with Gasteiger partial charge in [-0.25, -0.2) is 5.90 Å². The molecule has 0 saturated carbocycles. The zero-order chi connectivity index (χ0) is 6.91. The molecule has 6 heteroatoms. The van der Waals surface area contributed by atoms with Crippen LogP contribution in [0.2, 0.25) is 0 Å². The third-order valence-corrected chi connectivity index (χ3v) is 1.00. The van der Waals surface area contributed by atoms with Crippen LogP contribution in [0, 0.1) is 5.21 Å². The topological polar surface area (TPSA) is 81.2 Å². The van der Waals surface area contributed by atoms with Gasteiger partial charge in [-0.1, -0.05) is 5.39 Å². The highest BCUT2D eigenvalue weighted by atomic mass is 17.2. The van der Waals surface area contributed by atoms with Gasteiger partial charge in [-0.15, -0.1) is 4.84 Å². The fraction of sp³-hybridized carbons (Fsp3) is 1.00. The second-order valence-electron chi connectivity index (χ2n) is 1.89. The van der Waals surface area contributed by atoms with Crippen molar-refractivity contribution in [3.8, 4) is 0 Å². The van der Waals surface area contributed by atoms with E-state index in [2.05, 4.69) is 14.5 Å². The first kappa shape index (κ1) is 6.87. The zero-order valence-corrected chi connectivity index (χ0v) is 4.92. The standard InChI is InChI=1S/C3H8N2O4/c1-3(8-4)2-7-5(6)9-3/h5H,2,4H2,1H3. The Morgan fingerprint density at radius 3 is 2.78 bits per heavy atom. The van der Waals surface area contributed by atoms with Crippen molar-refractivity contribution < 1.29 is 19.9 Å². The number of hydrogen-bond donors (Lipinski definition) is 2. The summed E-state index contributed by atoms with van der Waals surface area (Å²) in [5, 5.41) is 9.49. The summed E-state index contributed by atoms with van der Waals surface area (Å²) < 4.78 is 0. The molecule has 0 bridgehead atoms. The lowest BCUT2D eigenvalue weighted by molar-refractivity contribution is -1.19. The van der Waals surface area contributed by atoms with Crippen molar-refractivity contribution in [3.05, 3.63) is 5.21 Å². The number of rotatable bonds is 1. The molecule has 0 radical (unpaired) electrons. The van der Waals surface area contributed by atoms with Crippen LogP contribution in [0.25, 0.3) is 0 Å². The average molecular weight is 136 g/mol. The first-order chi connectivity index (χ1) is 4.16. The molecule has 0 spiro atoms. The molecule has 1 heterocycles. The van der Waals surface area contributed by atoms with Crippen LogP contribution >= 0.6 is 0 Å². The van der Waals surface area contributed by atoms with Gasteiger partial charge in [0.05, 0.1) is 0 Å². The molecule has 1 aliphatic heterocycles. The smallest absolute Gasteiger partial charge is 0.273 e. The molecule has 3 N–H and O–H groups in total. The first-order valence-electron chi connectivity index (χ1n) is 2.40. The van der Waals surface area contributed by atoms with E-state index < -0.39 is 11.2 Å². The summed E-state index contributed by atoms with van der Waals surface area (Å²) in [6.45, 7) is 1.56. The predicted molar refractivity (Wildman–Crippen MR) is 25.0 cm³/mol. The molecule has 6 nitrogen and oxygen atoms in total. The van der Waals surface area contributed by atoms with Gasteiger partial charge in [0.2, 0.25) is 0 Å². The molecule has 9 heavy (non-hydrogen) atoms. The molecule has 0 amide bonds. The highest BCUT2D eigenvalue weighted by Crippen LogP contribution is 2.09. The van der Waals surface area contributed by atoms with Gasteiger partial charge in [-0.3, -0.25) is 4.84 Å². The lowest BCUT2D eigenvalue weighted by Crippen LogP contribution is -3.03. The van der Waals surface area contributed by atoms with E-state index in [-0.39, 0.29) is 6.61 Å². The average Bonchev–Trinajstić information content (AvgIpc) is 2.13. The molecule has 1 rings (SSSR count). The molecule has 0 aromatic heterocycles. The van der Waals surface area contributed by atoms with E-state index >= 15 is 0 Å². The van der Waals surface area contributed by atoms with Crippen LogP contribution in [0.1, 0.15) is 6.92 Å². The summed E-state index contributed by atoms with van der Waals surface area (Å²) in [5.41, 5.74) is 0. The van der Waals surface area contributed by atoms with Crippen LogP contribution in [0.3, 0.4) is 0 Å². The minimum Gasteiger partial charge on any atom is -0.566 e. The van der Waals surface area contributed by atoms with Crippen molar-refractivity contribution in [1.82, 2.24) is 0 Å². The lowest BCUT2D eigenvalue weighted by atomic mass is 10.4. The van der Waals surface area contributed by atoms with E-state index in [4.69, 9.17) is 5.90 Å². The zero-order valence-electron chi connectivity index (χ0n) is 4.92. The normalized spacial score (nSPS) is 43.7. The van der Waals surface area contributed by atoms with Gasteiger partial charge >= 0.3 is 0 Å². The number of nitrogens with two attached hydrogens (primary N) is 1. The summed E-state index contributed by atoms with van der Waals surface area (Å²) in [6.07, 6.45) is 0. The molecular formula is C3H8N2O4. The Morgan fingerprint density at radius 1 is 1.89 bits per heavy atom. The predicted octanol–water partition coefficient (Wildman–Crippen LogP) is -2.15. The molecule has 0 aromatic rings. The Kier molecular flexibility index (Phi) is 1.66. The summed E-state index contributed by atoms with van der Waals surface area (Å²) in [4.78, 5) is 13.2. The number of hydrogen-bond acceptors (Lipinski definition) is 5. The van der Waals surface area contributed by atoms with E-state index in [1.54, 1.807) is 0 Å². The van der Waals surface area contributed by atoms with Crippen molar-refractivity contribution in [2.75, 3.05) is 6.61 Å². The van der Waals surface area contributed by atoms with Gasteiger partial charge < -0.3 is 5.21 Å². The highest BCUT2D eigenvalue weighted by molar-refractivity contribution is 4.57. The summed E-state index contributed by atoms with van der Waals surface area (Å²) >= 11 is 0. The van der Waals surface area contributed by atoms with Crippen LogP contribution in [-0.4, -0.2) is 12.4 Å². The van der Waals surface area contributed by atoms with Crippen LogP contribution < -0.4 is 11.3 Å². The second kappa shape index (κ2) is 2.18. The Hall–Kier alpha value is -0.240. The van der Waals surface area contributed by atoms with Gasteiger partial charge in [-0.2, -0.15) is 4.84 Å². The van der Waals surface area contributed by atoms with Gasteiger partial charge in [0.25, 0.3) is 5.79 Å². The van der Waals surface area contributed by atoms with Crippen molar-refractivity contribution >= 4 is 0 Å². The van der Waals surface area contributed by atoms with E-state index in [1.807, 2.05) is 0 Å². The quantitative estimate of drug-likeness (QED) is 0.317. The summed E-state index contributed by atoms with van der Waals surface area (Å²) in [6, 6.07) is 0. The van der Waals surface area contributed by atoms with Crippen LogP contribution in [0.5, 0.6) is 0 Å². The van der Waals surface area contributed by atoms with Gasteiger partial charge in [-0.05, 0) is 0 Å². The monoisotopic (exact) mass is 136 g/mol. The Morgan fingerprint density at radius 2 is 2.56 bits per heavy atom. The van der Waals surface area contributed by atoms with Crippen molar-refractivity contribution in [2.45, 2.75) is 12.7 Å². The van der Waals surface area contributed by atoms with E-state index in [0.717, 1.165) is 0 Å². The highest BCUT2D eigenvalue weighted by Gasteiger charge is 2.39. The van der Waals surface area contributed by atoms with Crippen LogP contribution in [0.15, 0.2) is 0 Å². The van der Waals surface area contributed by atoms with Gasteiger partial charge in [0, 0.05) is 6.92 Å². The second-order valence-corrected chi connectivity index (χ2v) is 1.89. The maximum absolute atomic E-state index is 10.2. The van der Waals surface area contributed by atoms with Gasteiger partial charge in [0.15, 0.2) is 6.61 Å². The van der Waals surface area contributed by atoms with Crippen LogP contribution in [0.4, 0.5) is 0 Å². The lowest BCUT2D eigenvalue weighted by Gasteiger charge is -2.14. The molecule has 1 aliphatic rings. The van der Waals surface area contributed by atoms with Crippen LogP contribution in [-0.2, 0) is 14.5 Å². The van der Waals surface area contributed by atoms with Crippen molar-refractivity contribution in [2.24, 2.45) is 5.90 Å². The summed E-state index contributed by atoms with van der Waals surface area (Å²) in [5.74, 6) is 3.69. The third kappa shape index (κ3) is 1.36. The molecule has 1 fully saturated rings. The minimum absolute atomic E-state index is 0.0440. The van der Waals surface area contributed by atoms with Crippen molar-refractivity contribution in [3.63, 3.8) is 0 Å². The molecule has 54 valence electrons. The van der Waals surface area contributed by atoms with E-state index in [0.29, 0.717) is 0 Å². The number of quaternary nitrogens is 1. The Bertz CT molecular complexity index is 110. The largest absolute Gasteiger partial charge is 0.566 e. The maximum Gasteiger partial charge on any atom is 0.273 e. The number of nitrogens with one attached hydrogen (secondary N) is 1. The fourth-order valence-corrected chi connectivity index (χ4v) is 0.483. The molecule has 0 aliphatic carbocycles. The molecule has 0 aromatic carbocycles. The maximum atomic E-state index is 10.2. The third-order valence-electron chi connectivity index (χ3n) is 1.00.